The maximum atomic E-state index is 5.48. The van der Waals surface area contributed by atoms with Crippen LogP contribution in [0.5, 0.6) is 5.75 Å². The molecule has 0 amide bonds. The van der Waals surface area contributed by atoms with Crippen LogP contribution in [0, 0.1) is 0 Å². The van der Waals surface area contributed by atoms with Gasteiger partial charge in [-0.3, -0.25) is 0 Å². The van der Waals surface area contributed by atoms with Crippen molar-refractivity contribution in [3.05, 3.63) is 42.0 Å². The van der Waals surface area contributed by atoms with E-state index in [4.69, 9.17) is 4.74 Å². The van der Waals surface area contributed by atoms with Crippen molar-refractivity contribution in [1.29, 1.82) is 0 Å². The molecular weight excluding hydrogens is 258 g/mol. The maximum absolute atomic E-state index is 5.48. The van der Waals surface area contributed by atoms with E-state index in [2.05, 4.69) is 56.4 Å². The van der Waals surface area contributed by atoms with E-state index in [-0.39, 0.29) is 17.9 Å². The van der Waals surface area contributed by atoms with Gasteiger partial charge in [-0.2, -0.15) is 0 Å². The Morgan fingerprint density at radius 3 is 2.37 bits per heavy atom. The van der Waals surface area contributed by atoms with Gasteiger partial charge in [-0.15, -0.1) is 12.4 Å². The van der Waals surface area contributed by atoms with E-state index >= 15 is 0 Å². The summed E-state index contributed by atoms with van der Waals surface area (Å²) in [6.45, 7) is 7.33. The number of rotatable bonds is 3. The number of nitrogens with one attached hydrogen (secondary N) is 1. The van der Waals surface area contributed by atoms with Crippen LogP contribution in [0.25, 0.3) is 10.8 Å². The van der Waals surface area contributed by atoms with Crippen molar-refractivity contribution in [1.82, 2.24) is 5.32 Å². The topological polar surface area (TPSA) is 21.3 Å². The van der Waals surface area contributed by atoms with Crippen LogP contribution < -0.4 is 10.1 Å². The van der Waals surface area contributed by atoms with Gasteiger partial charge in [0.1, 0.15) is 5.75 Å². The van der Waals surface area contributed by atoms with Crippen LogP contribution in [0.4, 0.5) is 0 Å². The van der Waals surface area contributed by atoms with Gasteiger partial charge in [0, 0.05) is 17.6 Å². The molecule has 0 aromatic heterocycles. The number of hydrogen-bond donors (Lipinski definition) is 1. The molecular formula is C16H22ClNO. The fraction of sp³-hybridized carbons (Fsp3) is 0.375. The van der Waals surface area contributed by atoms with Crippen molar-refractivity contribution >= 4 is 23.2 Å². The van der Waals surface area contributed by atoms with Crippen LogP contribution in [-0.2, 0) is 6.54 Å². The van der Waals surface area contributed by atoms with E-state index in [1.807, 2.05) is 6.07 Å². The minimum atomic E-state index is 0. The van der Waals surface area contributed by atoms with Crippen LogP contribution in [0.3, 0.4) is 0 Å². The SMILES string of the molecule is COc1ccc2ccccc2c1CNC(C)(C)C.Cl. The molecule has 0 atom stereocenters. The normalized spacial score (nSPS) is 11.2. The molecule has 2 rings (SSSR count). The molecule has 0 fully saturated rings. The summed E-state index contributed by atoms with van der Waals surface area (Å²) in [4.78, 5) is 0. The van der Waals surface area contributed by atoms with E-state index in [0.717, 1.165) is 12.3 Å². The quantitative estimate of drug-likeness (QED) is 0.911. The molecule has 0 heterocycles. The molecule has 0 bridgehead atoms. The molecule has 3 heteroatoms. The molecule has 2 aromatic rings. The Labute approximate surface area is 121 Å². The standard InChI is InChI=1S/C16H21NO.ClH/c1-16(2,3)17-11-14-13-8-6-5-7-12(13)9-10-15(14)18-4;/h5-10,17H,11H2,1-4H3;1H. The molecule has 2 nitrogen and oxygen atoms in total. The van der Waals surface area contributed by atoms with E-state index < -0.39 is 0 Å². The number of fused-ring (bicyclic) bond motifs is 1. The summed E-state index contributed by atoms with van der Waals surface area (Å²) in [5.74, 6) is 0.949. The third kappa shape index (κ3) is 3.85. The van der Waals surface area contributed by atoms with Gasteiger partial charge in [-0.1, -0.05) is 30.3 Å². The van der Waals surface area contributed by atoms with Gasteiger partial charge < -0.3 is 10.1 Å². The molecule has 0 radical (unpaired) electrons. The Hall–Kier alpha value is -1.25. The third-order valence-electron chi connectivity index (χ3n) is 3.01. The second-order valence-corrected chi connectivity index (χ2v) is 5.57. The van der Waals surface area contributed by atoms with Gasteiger partial charge in [0.25, 0.3) is 0 Å². The molecule has 104 valence electrons. The fourth-order valence-electron chi connectivity index (χ4n) is 2.04. The molecule has 1 N–H and O–H groups in total. The van der Waals surface area contributed by atoms with Crippen molar-refractivity contribution in [2.45, 2.75) is 32.9 Å². The van der Waals surface area contributed by atoms with E-state index in [1.54, 1.807) is 7.11 Å². The lowest BCUT2D eigenvalue weighted by molar-refractivity contribution is 0.393. The molecule has 0 saturated heterocycles. The van der Waals surface area contributed by atoms with Crippen LogP contribution in [0.2, 0.25) is 0 Å². The monoisotopic (exact) mass is 279 g/mol. The van der Waals surface area contributed by atoms with Crippen molar-refractivity contribution in [3.8, 4) is 5.75 Å². The Morgan fingerprint density at radius 1 is 1.05 bits per heavy atom. The lowest BCUT2D eigenvalue weighted by Crippen LogP contribution is -2.35. The van der Waals surface area contributed by atoms with Gasteiger partial charge in [0.2, 0.25) is 0 Å². The first kappa shape index (κ1) is 15.8. The Morgan fingerprint density at radius 2 is 1.74 bits per heavy atom. The van der Waals surface area contributed by atoms with Gasteiger partial charge in [-0.25, -0.2) is 0 Å². The molecule has 0 saturated carbocycles. The summed E-state index contributed by atoms with van der Waals surface area (Å²) in [7, 11) is 1.73. The predicted molar refractivity (Wildman–Crippen MR) is 84.3 cm³/mol. The van der Waals surface area contributed by atoms with Crippen molar-refractivity contribution in [3.63, 3.8) is 0 Å². The fourth-order valence-corrected chi connectivity index (χ4v) is 2.04. The number of halogens is 1. The van der Waals surface area contributed by atoms with Gasteiger partial charge in [0.15, 0.2) is 0 Å². The molecule has 0 aliphatic heterocycles. The first-order chi connectivity index (χ1) is 8.51. The highest BCUT2D eigenvalue weighted by Gasteiger charge is 2.13. The zero-order chi connectivity index (χ0) is 13.2. The second-order valence-electron chi connectivity index (χ2n) is 5.57. The highest BCUT2D eigenvalue weighted by molar-refractivity contribution is 5.87. The van der Waals surface area contributed by atoms with E-state index in [9.17, 15) is 0 Å². The van der Waals surface area contributed by atoms with Gasteiger partial charge >= 0.3 is 0 Å². The van der Waals surface area contributed by atoms with E-state index in [0.29, 0.717) is 0 Å². The lowest BCUT2D eigenvalue weighted by atomic mass is 10.0. The summed E-state index contributed by atoms with van der Waals surface area (Å²) < 4.78 is 5.48. The number of methoxy groups -OCH3 is 1. The van der Waals surface area contributed by atoms with Gasteiger partial charge in [-0.05, 0) is 37.6 Å². The minimum Gasteiger partial charge on any atom is -0.496 e. The first-order valence-electron chi connectivity index (χ1n) is 6.31. The van der Waals surface area contributed by atoms with Crippen LogP contribution in [0.1, 0.15) is 26.3 Å². The summed E-state index contributed by atoms with van der Waals surface area (Å²) in [5.41, 5.74) is 1.33. The van der Waals surface area contributed by atoms with Crippen molar-refractivity contribution < 1.29 is 4.74 Å². The second kappa shape index (κ2) is 6.27. The molecule has 0 spiro atoms. The Kier molecular flexibility index (Phi) is 5.21. The minimum absolute atomic E-state index is 0. The smallest absolute Gasteiger partial charge is 0.123 e. The Balaban J connectivity index is 0.00000180. The largest absolute Gasteiger partial charge is 0.496 e. The maximum Gasteiger partial charge on any atom is 0.123 e. The third-order valence-corrected chi connectivity index (χ3v) is 3.01. The van der Waals surface area contributed by atoms with Crippen molar-refractivity contribution in [2.75, 3.05) is 7.11 Å². The predicted octanol–water partition coefficient (Wildman–Crippen LogP) is 4.16. The molecule has 0 unspecified atom stereocenters. The summed E-state index contributed by atoms with van der Waals surface area (Å²) in [6, 6.07) is 12.6. The molecule has 0 aliphatic rings. The van der Waals surface area contributed by atoms with Crippen molar-refractivity contribution in [2.24, 2.45) is 0 Å². The number of benzene rings is 2. The summed E-state index contributed by atoms with van der Waals surface area (Å²) >= 11 is 0. The molecule has 2 aromatic carbocycles. The van der Waals surface area contributed by atoms with Crippen LogP contribution >= 0.6 is 12.4 Å². The van der Waals surface area contributed by atoms with Gasteiger partial charge in [0.05, 0.1) is 7.11 Å². The van der Waals surface area contributed by atoms with E-state index in [1.165, 1.54) is 16.3 Å². The highest BCUT2D eigenvalue weighted by Crippen LogP contribution is 2.28. The average molecular weight is 280 g/mol. The van der Waals surface area contributed by atoms with Crippen LogP contribution in [0.15, 0.2) is 36.4 Å². The summed E-state index contributed by atoms with van der Waals surface area (Å²) in [5, 5.41) is 6.04. The zero-order valence-electron chi connectivity index (χ0n) is 12.0. The number of hydrogen-bond acceptors (Lipinski definition) is 2. The van der Waals surface area contributed by atoms with Crippen LogP contribution in [-0.4, -0.2) is 12.6 Å². The highest BCUT2D eigenvalue weighted by atomic mass is 35.5. The molecule has 0 aliphatic carbocycles. The summed E-state index contributed by atoms with van der Waals surface area (Å²) in [6.07, 6.45) is 0. The average Bonchev–Trinajstić information content (AvgIpc) is 2.34. The zero-order valence-corrected chi connectivity index (χ0v) is 12.8. The number of ether oxygens (including phenoxy) is 1. The Bertz CT molecular complexity index is 546. The lowest BCUT2D eigenvalue weighted by Gasteiger charge is -2.22. The molecule has 19 heavy (non-hydrogen) atoms. The first-order valence-corrected chi connectivity index (χ1v) is 6.31.